The van der Waals surface area contributed by atoms with Crippen molar-refractivity contribution in [2.24, 2.45) is 41.4 Å². The summed E-state index contributed by atoms with van der Waals surface area (Å²) in [5, 5.41) is 4.43. The Balaban J connectivity index is 1.26. The summed E-state index contributed by atoms with van der Waals surface area (Å²) in [5.41, 5.74) is 12.6. The maximum absolute atomic E-state index is 2.74. The lowest BCUT2D eigenvalue weighted by atomic mass is 9.39. The number of hydrogen-bond acceptors (Lipinski definition) is 0. The molecule has 4 saturated carbocycles. The van der Waals surface area contributed by atoms with Gasteiger partial charge in [-0.3, -0.25) is 0 Å². The molecule has 4 fully saturated rings. The summed E-state index contributed by atoms with van der Waals surface area (Å²) in [6.45, 7) is 2.71. The standard InChI is InChI=1S/C39H37N/c1-21-29-15-22-13-14-23-17-24(18-31(29)30(23)16-22)39(21)34-11-4-2-7-25(34)32-19-33-28-10-6-9-27-26-8-3-5-12-36(26)40(38(27)28)37(33)20-35(32)39/h2-5,7-9,11-12,19-24,29-31H,6,10,13-18H2,1H3. The number of rotatable bonds is 0. The minimum Gasteiger partial charge on any atom is -0.308 e. The van der Waals surface area contributed by atoms with E-state index >= 15 is 0 Å². The van der Waals surface area contributed by atoms with Gasteiger partial charge in [-0.25, -0.2) is 0 Å². The predicted octanol–water partition coefficient (Wildman–Crippen LogP) is 8.69. The Morgan fingerprint density at radius 2 is 1.62 bits per heavy atom. The van der Waals surface area contributed by atoms with Gasteiger partial charge in [0.25, 0.3) is 0 Å². The zero-order chi connectivity index (χ0) is 25.9. The third-order valence-corrected chi connectivity index (χ3v) is 13.8. The van der Waals surface area contributed by atoms with Crippen LogP contribution in [0.3, 0.4) is 0 Å². The van der Waals surface area contributed by atoms with E-state index < -0.39 is 0 Å². The first kappa shape index (κ1) is 21.7. The Hall–Kier alpha value is -3.06. The molecule has 8 atom stereocenters. The molecule has 4 bridgehead atoms. The van der Waals surface area contributed by atoms with Crippen LogP contribution in [0.2, 0.25) is 0 Å². The van der Waals surface area contributed by atoms with Crippen molar-refractivity contribution in [3.8, 4) is 11.1 Å². The third kappa shape index (κ3) is 2.24. The second-order valence-electron chi connectivity index (χ2n) is 14.8. The van der Waals surface area contributed by atoms with Crippen molar-refractivity contribution in [3.63, 3.8) is 0 Å². The lowest BCUT2D eigenvalue weighted by Crippen LogP contribution is -2.59. The fourth-order valence-electron chi connectivity index (χ4n) is 12.6. The number of nitrogens with zero attached hydrogens (tertiary/aromatic N) is 1. The van der Waals surface area contributed by atoms with Crippen LogP contribution in [-0.2, 0) is 11.8 Å². The molecule has 40 heavy (non-hydrogen) atoms. The summed E-state index contributed by atoms with van der Waals surface area (Å²) < 4.78 is 2.66. The first-order valence-electron chi connectivity index (χ1n) is 16.4. The minimum absolute atomic E-state index is 0.172. The monoisotopic (exact) mass is 519 g/mol. The van der Waals surface area contributed by atoms with Gasteiger partial charge in [-0.2, -0.15) is 0 Å². The van der Waals surface area contributed by atoms with Crippen molar-refractivity contribution < 1.29 is 0 Å². The summed E-state index contributed by atoms with van der Waals surface area (Å²) in [7, 11) is 0. The average molecular weight is 520 g/mol. The topological polar surface area (TPSA) is 4.41 Å². The van der Waals surface area contributed by atoms with Gasteiger partial charge in [0.15, 0.2) is 0 Å². The van der Waals surface area contributed by atoms with Crippen LogP contribution in [0.4, 0.5) is 0 Å². The molecule has 0 aliphatic heterocycles. The zero-order valence-electron chi connectivity index (χ0n) is 23.5. The normalized spacial score (nSPS) is 36.4. The van der Waals surface area contributed by atoms with Gasteiger partial charge in [0.2, 0.25) is 0 Å². The van der Waals surface area contributed by atoms with Crippen molar-refractivity contribution in [1.82, 2.24) is 4.40 Å². The van der Waals surface area contributed by atoms with Crippen LogP contribution < -0.4 is 5.22 Å². The van der Waals surface area contributed by atoms with Gasteiger partial charge in [0, 0.05) is 21.4 Å². The zero-order valence-corrected chi connectivity index (χ0v) is 23.5. The van der Waals surface area contributed by atoms with Gasteiger partial charge in [0.05, 0.1) is 16.6 Å². The SMILES string of the molecule is CC1C2CC3CCC4CC(CC2C4C3)C12c1ccccc1-c1cc3c4c5c(c6ccccc6n5c3cc12)=CCC4. The molecule has 0 N–H and O–H groups in total. The number of benzene rings is 3. The molecule has 0 radical (unpaired) electrons. The minimum atomic E-state index is 0.172. The van der Waals surface area contributed by atoms with Crippen LogP contribution >= 0.6 is 0 Å². The number of fused-ring (bicyclic) bond motifs is 14. The van der Waals surface area contributed by atoms with Crippen LogP contribution in [0.1, 0.15) is 68.6 Å². The Kier molecular flexibility index (Phi) is 3.81. The van der Waals surface area contributed by atoms with Crippen LogP contribution in [0, 0.1) is 41.4 Å². The molecule has 3 aromatic carbocycles. The molecule has 2 aromatic heterocycles. The molecular weight excluding hydrogens is 482 g/mol. The Morgan fingerprint density at radius 1 is 0.750 bits per heavy atom. The second kappa shape index (κ2) is 7.04. The average Bonchev–Trinajstić information content (AvgIpc) is 3.62. The summed E-state index contributed by atoms with van der Waals surface area (Å²) >= 11 is 0. The van der Waals surface area contributed by atoms with Crippen molar-refractivity contribution in [1.29, 1.82) is 0 Å². The largest absolute Gasteiger partial charge is 0.308 e. The molecule has 1 heteroatoms. The van der Waals surface area contributed by atoms with Crippen LogP contribution in [0.25, 0.3) is 44.5 Å². The molecule has 1 spiro atoms. The molecular formula is C39H37N. The van der Waals surface area contributed by atoms with Gasteiger partial charge in [0.1, 0.15) is 0 Å². The van der Waals surface area contributed by atoms with Crippen LogP contribution in [0.5, 0.6) is 0 Å². The van der Waals surface area contributed by atoms with E-state index in [-0.39, 0.29) is 5.41 Å². The van der Waals surface area contributed by atoms with Gasteiger partial charge < -0.3 is 4.40 Å². The smallest absolute Gasteiger partial charge is 0.0576 e. The van der Waals surface area contributed by atoms with E-state index in [9.17, 15) is 0 Å². The number of aryl methyl sites for hydroxylation is 1. The van der Waals surface area contributed by atoms with Gasteiger partial charge in [-0.15, -0.1) is 0 Å². The first-order valence-corrected chi connectivity index (χ1v) is 16.4. The van der Waals surface area contributed by atoms with Gasteiger partial charge in [-0.1, -0.05) is 61.9 Å². The van der Waals surface area contributed by atoms with Crippen LogP contribution in [0.15, 0.2) is 60.7 Å². The van der Waals surface area contributed by atoms with Crippen LogP contribution in [-0.4, -0.2) is 4.40 Å². The summed E-state index contributed by atoms with van der Waals surface area (Å²) in [5.74, 6) is 6.38. The molecule has 6 aliphatic carbocycles. The number of hydrogen-bond donors (Lipinski definition) is 0. The fraction of sp³-hybridized carbons (Fsp3) is 0.436. The van der Waals surface area contributed by atoms with E-state index in [0.717, 1.165) is 48.3 Å². The highest BCUT2D eigenvalue weighted by Crippen LogP contribution is 2.71. The summed E-state index contributed by atoms with van der Waals surface area (Å²) in [6, 6.07) is 24.3. The number of para-hydroxylation sites is 1. The van der Waals surface area contributed by atoms with Crippen molar-refractivity contribution in [2.45, 2.75) is 63.7 Å². The Bertz CT molecular complexity index is 1980. The van der Waals surface area contributed by atoms with E-state index in [2.05, 4.69) is 78.1 Å². The molecule has 11 rings (SSSR count). The maximum atomic E-state index is 2.74. The maximum Gasteiger partial charge on any atom is 0.0576 e. The summed E-state index contributed by atoms with van der Waals surface area (Å²) in [4.78, 5) is 0. The number of aromatic nitrogens is 1. The highest BCUT2D eigenvalue weighted by atomic mass is 14.9. The first-order chi connectivity index (χ1) is 19.7. The lowest BCUT2D eigenvalue weighted by molar-refractivity contribution is -0.116. The molecule has 6 aliphatic rings. The third-order valence-electron chi connectivity index (χ3n) is 13.8. The highest BCUT2D eigenvalue weighted by Gasteiger charge is 2.64. The van der Waals surface area contributed by atoms with E-state index in [1.807, 2.05) is 0 Å². The molecule has 0 amide bonds. The second-order valence-corrected chi connectivity index (χ2v) is 14.8. The van der Waals surface area contributed by atoms with Crippen molar-refractivity contribution in [3.05, 3.63) is 82.6 Å². The Labute approximate surface area is 236 Å². The van der Waals surface area contributed by atoms with Gasteiger partial charge >= 0.3 is 0 Å². The predicted molar refractivity (Wildman–Crippen MR) is 164 cm³/mol. The van der Waals surface area contributed by atoms with Crippen molar-refractivity contribution >= 4 is 33.4 Å². The highest BCUT2D eigenvalue weighted by molar-refractivity contribution is 6.05. The van der Waals surface area contributed by atoms with E-state index in [4.69, 9.17) is 0 Å². The van der Waals surface area contributed by atoms with E-state index in [0.29, 0.717) is 5.92 Å². The Morgan fingerprint density at radius 3 is 2.60 bits per heavy atom. The summed E-state index contributed by atoms with van der Waals surface area (Å²) in [6.07, 6.45) is 13.8. The van der Waals surface area contributed by atoms with Gasteiger partial charge in [-0.05, 0) is 132 Å². The molecule has 198 valence electrons. The molecule has 2 heterocycles. The van der Waals surface area contributed by atoms with E-state index in [1.165, 1.54) is 64.6 Å². The molecule has 5 aromatic rings. The molecule has 1 nitrogen and oxygen atoms in total. The molecule has 8 unspecified atom stereocenters. The fourth-order valence-corrected chi connectivity index (χ4v) is 12.6. The lowest BCUT2D eigenvalue weighted by Gasteiger charge is -2.65. The van der Waals surface area contributed by atoms with E-state index in [1.54, 1.807) is 34.2 Å². The quantitative estimate of drug-likeness (QED) is 0.193. The molecule has 0 saturated heterocycles. The van der Waals surface area contributed by atoms with Crippen molar-refractivity contribution in [2.75, 3.05) is 0 Å².